The summed E-state index contributed by atoms with van der Waals surface area (Å²) in [5.41, 5.74) is 0.972. The number of hydrogen-bond donors (Lipinski definition) is 1. The Balaban J connectivity index is 2.03. The topological polar surface area (TPSA) is 36.4 Å². The lowest BCUT2D eigenvalue weighted by molar-refractivity contribution is 0.0785. The first kappa shape index (κ1) is 14.3. The highest BCUT2D eigenvalue weighted by molar-refractivity contribution is 7.09. The molecule has 0 spiro atoms. The summed E-state index contributed by atoms with van der Waals surface area (Å²) in [6, 6.07) is 1.01. The molecule has 1 saturated carbocycles. The Kier molecular flexibility index (Phi) is 5.42. The summed E-state index contributed by atoms with van der Waals surface area (Å²) in [6.45, 7) is 3.44. The van der Waals surface area contributed by atoms with Crippen LogP contribution >= 0.6 is 22.9 Å². The molecule has 0 aromatic carbocycles. The van der Waals surface area contributed by atoms with E-state index < -0.39 is 0 Å². The van der Waals surface area contributed by atoms with Crippen molar-refractivity contribution in [2.24, 2.45) is 0 Å². The van der Waals surface area contributed by atoms with Gasteiger partial charge < -0.3 is 5.11 Å². The molecular formula is C13H21ClN2OS. The van der Waals surface area contributed by atoms with Crippen molar-refractivity contribution in [1.29, 1.82) is 0 Å². The van der Waals surface area contributed by atoms with E-state index in [9.17, 15) is 0 Å². The third kappa shape index (κ3) is 3.23. The maximum Gasteiger partial charge on any atom is 0.110 e. The van der Waals surface area contributed by atoms with Crippen molar-refractivity contribution >= 4 is 22.9 Å². The van der Waals surface area contributed by atoms with Crippen LogP contribution in [0.15, 0.2) is 5.38 Å². The number of aliphatic hydroxyl groups is 1. The summed E-state index contributed by atoms with van der Waals surface area (Å²) in [5, 5.41) is 12.2. The van der Waals surface area contributed by atoms with Gasteiger partial charge in [-0.3, -0.25) is 4.90 Å². The first-order valence-corrected chi connectivity index (χ1v) is 8.04. The minimum absolute atomic E-state index is 0.265. The van der Waals surface area contributed by atoms with Gasteiger partial charge in [0.15, 0.2) is 0 Å². The molecule has 1 fully saturated rings. The van der Waals surface area contributed by atoms with E-state index in [1.165, 1.54) is 19.3 Å². The number of aromatic nitrogens is 1. The molecule has 0 radical (unpaired) electrons. The van der Waals surface area contributed by atoms with Gasteiger partial charge in [-0.15, -0.1) is 22.9 Å². The zero-order valence-electron chi connectivity index (χ0n) is 10.8. The Bertz CT molecular complexity index is 368. The predicted molar refractivity (Wildman–Crippen MR) is 76.1 cm³/mol. The molecule has 0 amide bonds. The van der Waals surface area contributed by atoms with E-state index >= 15 is 0 Å². The highest BCUT2D eigenvalue weighted by atomic mass is 35.5. The van der Waals surface area contributed by atoms with Gasteiger partial charge >= 0.3 is 0 Å². The first-order chi connectivity index (χ1) is 8.76. The summed E-state index contributed by atoms with van der Waals surface area (Å²) in [6.07, 6.45) is 4.74. The summed E-state index contributed by atoms with van der Waals surface area (Å²) in [7, 11) is 0. The largest absolute Gasteiger partial charge is 0.396 e. The second kappa shape index (κ2) is 6.85. The zero-order valence-corrected chi connectivity index (χ0v) is 12.4. The van der Waals surface area contributed by atoms with Crippen molar-refractivity contribution in [3.8, 4) is 0 Å². The molecule has 1 aliphatic carbocycles. The zero-order chi connectivity index (χ0) is 13.0. The molecular weight excluding hydrogens is 268 g/mol. The van der Waals surface area contributed by atoms with Gasteiger partial charge in [-0.05, 0) is 26.2 Å². The summed E-state index contributed by atoms with van der Waals surface area (Å²) in [4.78, 5) is 7.08. The Morgan fingerprint density at radius 3 is 2.89 bits per heavy atom. The van der Waals surface area contributed by atoms with Crippen LogP contribution in [0.3, 0.4) is 0 Å². The van der Waals surface area contributed by atoms with Crippen LogP contribution in [0.4, 0.5) is 0 Å². The average molecular weight is 289 g/mol. The molecule has 2 rings (SSSR count). The van der Waals surface area contributed by atoms with Crippen LogP contribution in [0.25, 0.3) is 0 Å². The van der Waals surface area contributed by atoms with E-state index in [2.05, 4.69) is 16.8 Å². The van der Waals surface area contributed by atoms with E-state index in [4.69, 9.17) is 16.7 Å². The molecule has 5 heteroatoms. The number of aliphatic hydroxyl groups excluding tert-OH is 1. The third-order valence-corrected chi connectivity index (χ3v) is 5.02. The van der Waals surface area contributed by atoms with Crippen molar-refractivity contribution in [3.05, 3.63) is 16.1 Å². The molecule has 18 heavy (non-hydrogen) atoms. The molecule has 0 aliphatic heterocycles. The molecule has 0 bridgehead atoms. The first-order valence-electron chi connectivity index (χ1n) is 6.63. The average Bonchev–Trinajstić information content (AvgIpc) is 2.79. The van der Waals surface area contributed by atoms with Crippen molar-refractivity contribution in [1.82, 2.24) is 9.88 Å². The second-order valence-electron chi connectivity index (χ2n) is 4.89. The number of alkyl halides is 1. The fraction of sp³-hybridized carbons (Fsp3) is 0.769. The van der Waals surface area contributed by atoms with Gasteiger partial charge in [0.1, 0.15) is 5.01 Å². The van der Waals surface area contributed by atoms with E-state index in [0.29, 0.717) is 18.0 Å². The van der Waals surface area contributed by atoms with E-state index in [1.54, 1.807) is 11.3 Å². The van der Waals surface area contributed by atoms with Crippen LogP contribution in [0.2, 0.25) is 0 Å². The van der Waals surface area contributed by atoms with Crippen LogP contribution in [0, 0.1) is 0 Å². The lowest BCUT2D eigenvalue weighted by Crippen LogP contribution is -2.42. The summed E-state index contributed by atoms with van der Waals surface area (Å²) in [5.74, 6) is 0.489. The van der Waals surface area contributed by atoms with Gasteiger partial charge in [-0.1, -0.05) is 6.42 Å². The number of rotatable bonds is 7. The lowest BCUT2D eigenvalue weighted by Gasteiger charge is -2.40. The maximum absolute atomic E-state index is 9.03. The molecule has 1 aromatic heterocycles. The van der Waals surface area contributed by atoms with Crippen LogP contribution < -0.4 is 0 Å². The van der Waals surface area contributed by atoms with Crippen LogP contribution in [0.1, 0.15) is 49.4 Å². The quantitative estimate of drug-likeness (QED) is 0.783. The van der Waals surface area contributed by atoms with Gasteiger partial charge in [0, 0.05) is 24.6 Å². The normalized spacial score (nSPS) is 18.0. The third-order valence-electron chi connectivity index (χ3n) is 3.68. The number of thiazole rings is 1. The molecule has 1 N–H and O–H groups in total. The minimum Gasteiger partial charge on any atom is -0.396 e. The SMILES string of the molecule is CC(c1nc(CCl)cs1)N(CCCO)C1CCC1. The fourth-order valence-corrected chi connectivity index (χ4v) is 3.51. The van der Waals surface area contributed by atoms with Gasteiger partial charge in [0.2, 0.25) is 0 Å². The standard InChI is InChI=1S/C13H21ClN2OS/c1-10(13-15-11(8-14)9-18-13)16(6-3-7-17)12-4-2-5-12/h9-10,12,17H,2-8H2,1H3. The molecule has 3 nitrogen and oxygen atoms in total. The Morgan fingerprint density at radius 1 is 1.61 bits per heavy atom. The van der Waals surface area contributed by atoms with Gasteiger partial charge in [-0.2, -0.15) is 0 Å². The van der Waals surface area contributed by atoms with E-state index in [1.807, 2.05) is 5.38 Å². The number of nitrogens with zero attached hydrogens (tertiary/aromatic N) is 2. The van der Waals surface area contributed by atoms with Crippen LogP contribution in [0.5, 0.6) is 0 Å². The van der Waals surface area contributed by atoms with Crippen molar-refractivity contribution < 1.29 is 5.11 Å². The van der Waals surface area contributed by atoms with E-state index in [-0.39, 0.29) is 6.61 Å². The van der Waals surface area contributed by atoms with Crippen LogP contribution in [-0.2, 0) is 5.88 Å². The summed E-state index contributed by atoms with van der Waals surface area (Å²) < 4.78 is 0. The Morgan fingerprint density at radius 2 is 2.39 bits per heavy atom. The van der Waals surface area contributed by atoms with Gasteiger partial charge in [0.25, 0.3) is 0 Å². The predicted octanol–water partition coefficient (Wildman–Crippen LogP) is 3.18. The van der Waals surface area contributed by atoms with E-state index in [0.717, 1.165) is 23.7 Å². The van der Waals surface area contributed by atoms with Crippen molar-refractivity contribution in [2.75, 3.05) is 13.2 Å². The molecule has 1 aromatic rings. The second-order valence-corrected chi connectivity index (χ2v) is 6.04. The molecule has 1 atom stereocenters. The van der Waals surface area contributed by atoms with Crippen LogP contribution in [-0.4, -0.2) is 34.2 Å². The highest BCUT2D eigenvalue weighted by Gasteiger charge is 2.29. The van der Waals surface area contributed by atoms with Gasteiger partial charge in [-0.25, -0.2) is 4.98 Å². The number of hydrogen-bond acceptors (Lipinski definition) is 4. The van der Waals surface area contributed by atoms with Gasteiger partial charge in [0.05, 0.1) is 17.6 Å². The summed E-state index contributed by atoms with van der Waals surface area (Å²) >= 11 is 7.50. The Hall–Kier alpha value is -0.160. The Labute approximate surface area is 118 Å². The number of halogens is 1. The minimum atomic E-state index is 0.265. The van der Waals surface area contributed by atoms with Crippen molar-refractivity contribution in [2.45, 2.75) is 50.6 Å². The van der Waals surface area contributed by atoms with Crippen molar-refractivity contribution in [3.63, 3.8) is 0 Å². The monoisotopic (exact) mass is 288 g/mol. The molecule has 1 aliphatic rings. The maximum atomic E-state index is 9.03. The molecule has 0 saturated heterocycles. The molecule has 102 valence electrons. The lowest BCUT2D eigenvalue weighted by atomic mass is 9.90. The molecule has 1 heterocycles. The molecule has 1 unspecified atom stereocenters. The highest BCUT2D eigenvalue weighted by Crippen LogP contribution is 2.33. The fourth-order valence-electron chi connectivity index (χ4n) is 2.38. The smallest absolute Gasteiger partial charge is 0.110 e.